The number of amides is 2. The van der Waals surface area contributed by atoms with E-state index in [1.165, 1.54) is 18.3 Å². The maximum atomic E-state index is 13.0. The number of halogens is 1. The van der Waals surface area contributed by atoms with Crippen molar-refractivity contribution >= 4 is 17.8 Å². The summed E-state index contributed by atoms with van der Waals surface area (Å²) in [6.07, 6.45) is 3.11. The van der Waals surface area contributed by atoms with Crippen LogP contribution in [0, 0.1) is 19.7 Å². The average molecular weight is 284 g/mol. The molecule has 108 valence electrons. The summed E-state index contributed by atoms with van der Waals surface area (Å²) in [5, 5.41) is 5.37. The van der Waals surface area contributed by atoms with Gasteiger partial charge < -0.3 is 10.6 Å². The van der Waals surface area contributed by atoms with Gasteiger partial charge in [-0.25, -0.2) is 9.18 Å². The Morgan fingerprint density at radius 3 is 2.67 bits per heavy atom. The smallest absolute Gasteiger partial charge is 0.314 e. The fourth-order valence-electron chi connectivity index (χ4n) is 1.87. The van der Waals surface area contributed by atoms with Crippen LogP contribution in [-0.2, 0) is 0 Å². The van der Waals surface area contributed by atoms with Crippen molar-refractivity contribution in [3.05, 3.63) is 71.2 Å². The minimum absolute atomic E-state index is 0.308. The van der Waals surface area contributed by atoms with Gasteiger partial charge in [0.25, 0.3) is 0 Å². The van der Waals surface area contributed by atoms with Gasteiger partial charge in [0.2, 0.25) is 0 Å². The molecule has 0 aromatic heterocycles. The van der Waals surface area contributed by atoms with Gasteiger partial charge in [0.05, 0.1) is 0 Å². The lowest BCUT2D eigenvalue weighted by molar-refractivity contribution is 0.255. The quantitative estimate of drug-likeness (QED) is 0.870. The lowest BCUT2D eigenvalue weighted by atomic mass is 10.1. The van der Waals surface area contributed by atoms with E-state index in [2.05, 4.69) is 10.6 Å². The van der Waals surface area contributed by atoms with Crippen molar-refractivity contribution in [3.8, 4) is 0 Å². The topological polar surface area (TPSA) is 41.1 Å². The number of rotatable bonds is 3. The van der Waals surface area contributed by atoms with Gasteiger partial charge in [-0.3, -0.25) is 0 Å². The summed E-state index contributed by atoms with van der Waals surface area (Å²) in [5.74, 6) is -0.308. The van der Waals surface area contributed by atoms with Crippen LogP contribution in [0.25, 0.3) is 6.08 Å². The normalized spacial score (nSPS) is 10.6. The third-order valence-electron chi connectivity index (χ3n) is 3.19. The summed E-state index contributed by atoms with van der Waals surface area (Å²) in [6.45, 7) is 3.94. The summed E-state index contributed by atoms with van der Waals surface area (Å²) >= 11 is 0. The number of aryl methyl sites for hydroxylation is 1. The van der Waals surface area contributed by atoms with Crippen LogP contribution in [0.4, 0.5) is 14.9 Å². The molecule has 0 heterocycles. The fraction of sp³-hybridized carbons (Fsp3) is 0.118. The fourth-order valence-corrected chi connectivity index (χ4v) is 1.87. The summed E-state index contributed by atoms with van der Waals surface area (Å²) in [7, 11) is 0. The van der Waals surface area contributed by atoms with E-state index < -0.39 is 0 Å². The van der Waals surface area contributed by atoms with Crippen LogP contribution < -0.4 is 10.6 Å². The zero-order valence-corrected chi connectivity index (χ0v) is 12.0. The van der Waals surface area contributed by atoms with E-state index in [9.17, 15) is 9.18 Å². The van der Waals surface area contributed by atoms with Crippen molar-refractivity contribution in [3.63, 3.8) is 0 Å². The zero-order chi connectivity index (χ0) is 15.2. The first-order valence-electron chi connectivity index (χ1n) is 6.62. The van der Waals surface area contributed by atoms with Crippen LogP contribution in [0.3, 0.4) is 0 Å². The number of nitrogens with one attached hydrogen (secondary N) is 2. The molecule has 21 heavy (non-hydrogen) atoms. The SMILES string of the molecule is Cc1cccc(NC(=O)N/C=C/c2cccc(F)c2)c1C. The van der Waals surface area contributed by atoms with Gasteiger partial charge >= 0.3 is 6.03 Å². The Labute approximate surface area is 123 Å². The van der Waals surface area contributed by atoms with Crippen molar-refractivity contribution in [2.45, 2.75) is 13.8 Å². The molecule has 0 saturated carbocycles. The Kier molecular flexibility index (Phi) is 4.72. The molecule has 4 heteroatoms. The van der Waals surface area contributed by atoms with Crippen LogP contribution in [-0.4, -0.2) is 6.03 Å². The first-order chi connectivity index (χ1) is 10.1. The highest BCUT2D eigenvalue weighted by Crippen LogP contribution is 2.17. The molecule has 0 radical (unpaired) electrons. The Morgan fingerprint density at radius 1 is 1.14 bits per heavy atom. The molecule has 2 N–H and O–H groups in total. The predicted molar refractivity (Wildman–Crippen MR) is 83.5 cm³/mol. The summed E-state index contributed by atoms with van der Waals surface area (Å²) in [6, 6.07) is 11.5. The molecular weight excluding hydrogens is 267 g/mol. The molecule has 2 aromatic rings. The van der Waals surface area contributed by atoms with E-state index in [1.807, 2.05) is 32.0 Å². The molecule has 2 amide bonds. The number of benzene rings is 2. The van der Waals surface area contributed by atoms with Crippen LogP contribution >= 0.6 is 0 Å². The molecule has 0 aliphatic rings. The highest BCUT2D eigenvalue weighted by molar-refractivity contribution is 5.91. The third-order valence-corrected chi connectivity index (χ3v) is 3.19. The molecule has 2 rings (SSSR count). The van der Waals surface area contributed by atoms with Crippen molar-refractivity contribution < 1.29 is 9.18 Å². The zero-order valence-electron chi connectivity index (χ0n) is 12.0. The lowest BCUT2D eigenvalue weighted by Crippen LogP contribution is -2.24. The Bertz CT molecular complexity index is 680. The minimum atomic E-state index is -0.337. The third kappa shape index (κ3) is 4.18. The van der Waals surface area contributed by atoms with Crippen LogP contribution in [0.2, 0.25) is 0 Å². The average Bonchev–Trinajstić information content (AvgIpc) is 2.44. The van der Waals surface area contributed by atoms with Gasteiger partial charge in [-0.15, -0.1) is 0 Å². The van der Waals surface area contributed by atoms with E-state index in [-0.39, 0.29) is 11.8 Å². The van der Waals surface area contributed by atoms with Crippen molar-refractivity contribution in [1.82, 2.24) is 5.32 Å². The van der Waals surface area contributed by atoms with Gasteiger partial charge in [-0.05, 0) is 54.8 Å². The first kappa shape index (κ1) is 14.8. The largest absolute Gasteiger partial charge is 0.323 e. The molecule has 0 saturated heterocycles. The van der Waals surface area contributed by atoms with E-state index >= 15 is 0 Å². The Balaban J connectivity index is 1.95. The molecule has 0 fully saturated rings. The number of urea groups is 1. The summed E-state index contributed by atoms with van der Waals surface area (Å²) < 4.78 is 13.0. The van der Waals surface area contributed by atoms with Gasteiger partial charge in [-0.1, -0.05) is 24.3 Å². The maximum absolute atomic E-state index is 13.0. The predicted octanol–water partition coefficient (Wildman–Crippen LogP) is 4.23. The lowest BCUT2D eigenvalue weighted by Gasteiger charge is -2.09. The number of hydrogen-bond donors (Lipinski definition) is 2. The van der Waals surface area contributed by atoms with Crippen LogP contribution in [0.15, 0.2) is 48.7 Å². The minimum Gasteiger partial charge on any atom is -0.314 e. The monoisotopic (exact) mass is 284 g/mol. The van der Waals surface area contributed by atoms with Crippen molar-refractivity contribution in [2.24, 2.45) is 0 Å². The number of carbonyl (C=O) groups is 1. The number of anilines is 1. The van der Waals surface area contributed by atoms with E-state index in [4.69, 9.17) is 0 Å². The van der Waals surface area contributed by atoms with Gasteiger partial charge in [-0.2, -0.15) is 0 Å². The van der Waals surface area contributed by atoms with Gasteiger partial charge in [0.1, 0.15) is 5.82 Å². The second-order valence-electron chi connectivity index (χ2n) is 4.73. The molecule has 0 aliphatic carbocycles. The van der Waals surface area contributed by atoms with E-state index in [1.54, 1.807) is 18.2 Å². The van der Waals surface area contributed by atoms with Crippen LogP contribution in [0.5, 0.6) is 0 Å². The van der Waals surface area contributed by atoms with Crippen molar-refractivity contribution in [2.75, 3.05) is 5.32 Å². The summed E-state index contributed by atoms with van der Waals surface area (Å²) in [5.41, 5.74) is 3.60. The van der Waals surface area contributed by atoms with E-state index in [0.717, 1.165) is 16.8 Å². The maximum Gasteiger partial charge on any atom is 0.323 e. The second kappa shape index (κ2) is 6.70. The Morgan fingerprint density at radius 2 is 1.90 bits per heavy atom. The first-order valence-corrected chi connectivity index (χ1v) is 6.62. The molecule has 0 bridgehead atoms. The molecular formula is C17H17FN2O. The molecule has 0 spiro atoms. The standard InChI is InChI=1S/C17H17FN2O/c1-12-5-3-8-16(13(12)2)20-17(21)19-10-9-14-6-4-7-15(18)11-14/h3-11H,1-2H3,(H2,19,20,21)/b10-9+. The number of hydrogen-bond acceptors (Lipinski definition) is 1. The van der Waals surface area contributed by atoms with Gasteiger partial charge in [0.15, 0.2) is 0 Å². The molecule has 3 nitrogen and oxygen atoms in total. The molecule has 2 aromatic carbocycles. The van der Waals surface area contributed by atoms with Crippen molar-refractivity contribution in [1.29, 1.82) is 0 Å². The molecule has 0 atom stereocenters. The number of carbonyl (C=O) groups excluding carboxylic acids is 1. The highest BCUT2D eigenvalue weighted by atomic mass is 19.1. The van der Waals surface area contributed by atoms with Crippen LogP contribution in [0.1, 0.15) is 16.7 Å². The molecule has 0 aliphatic heterocycles. The van der Waals surface area contributed by atoms with Gasteiger partial charge in [0, 0.05) is 11.9 Å². The second-order valence-corrected chi connectivity index (χ2v) is 4.73. The molecule has 0 unspecified atom stereocenters. The Hall–Kier alpha value is -2.62. The summed E-state index contributed by atoms with van der Waals surface area (Å²) in [4.78, 5) is 11.8. The van der Waals surface area contributed by atoms with E-state index in [0.29, 0.717) is 5.56 Å². The highest BCUT2D eigenvalue weighted by Gasteiger charge is 2.03.